The van der Waals surface area contributed by atoms with Crippen LogP contribution in [0.25, 0.3) is 0 Å². The van der Waals surface area contributed by atoms with Crippen LogP contribution in [0.5, 0.6) is 0 Å². The summed E-state index contributed by atoms with van der Waals surface area (Å²) >= 11 is 0. The van der Waals surface area contributed by atoms with Gasteiger partial charge in [0.2, 0.25) is 0 Å². The monoisotopic (exact) mass is 270 g/mol. The molecule has 2 rings (SSSR count). The molecule has 2 aromatic rings. The van der Waals surface area contributed by atoms with Gasteiger partial charge in [0.05, 0.1) is 12.2 Å². The molecule has 0 aliphatic rings. The molecule has 0 amide bonds. The van der Waals surface area contributed by atoms with Crippen LogP contribution in [0.1, 0.15) is 25.1 Å². The minimum absolute atomic E-state index is 0.820. The topological polar surface area (TPSA) is 41.1 Å². The first-order chi connectivity index (χ1) is 9.85. The minimum Gasteiger partial charge on any atom is -0.366 e. The predicted octanol–water partition coefficient (Wildman–Crippen LogP) is 2.61. The smallest absolute Gasteiger partial charge is 0.0602 e. The van der Waals surface area contributed by atoms with Crippen LogP contribution < -0.4 is 10.2 Å². The average molecular weight is 270 g/mol. The zero-order valence-corrected chi connectivity index (χ0v) is 12.2. The second-order valence-electron chi connectivity index (χ2n) is 4.62. The highest BCUT2D eigenvalue weighted by Gasteiger charge is 2.10. The summed E-state index contributed by atoms with van der Waals surface area (Å²) < 4.78 is 0. The van der Waals surface area contributed by atoms with Gasteiger partial charge in [-0.15, -0.1) is 0 Å². The van der Waals surface area contributed by atoms with E-state index in [-0.39, 0.29) is 0 Å². The highest BCUT2D eigenvalue weighted by Crippen LogP contribution is 2.20. The van der Waals surface area contributed by atoms with Gasteiger partial charge in [0.1, 0.15) is 0 Å². The van der Waals surface area contributed by atoms with Crippen molar-refractivity contribution < 1.29 is 0 Å². The number of hydrogen-bond donors (Lipinski definition) is 1. The molecule has 0 saturated heterocycles. The standard InChI is InChI=1S/C16H22N4/c1-3-17-11-14-12-18-10-8-16(14)20(4-2)13-15-7-5-6-9-19-15/h5-10,12,17H,3-4,11,13H2,1-2H3. The quantitative estimate of drug-likeness (QED) is 0.839. The lowest BCUT2D eigenvalue weighted by atomic mass is 10.2. The van der Waals surface area contributed by atoms with E-state index in [9.17, 15) is 0 Å². The van der Waals surface area contributed by atoms with E-state index < -0.39 is 0 Å². The van der Waals surface area contributed by atoms with Gasteiger partial charge in [-0.25, -0.2) is 0 Å². The van der Waals surface area contributed by atoms with E-state index in [2.05, 4.69) is 46.2 Å². The fourth-order valence-corrected chi connectivity index (χ4v) is 2.18. The summed E-state index contributed by atoms with van der Waals surface area (Å²) in [7, 11) is 0. The van der Waals surface area contributed by atoms with E-state index in [0.717, 1.165) is 31.9 Å². The molecule has 1 N–H and O–H groups in total. The Morgan fingerprint density at radius 2 is 2.05 bits per heavy atom. The molecule has 4 nitrogen and oxygen atoms in total. The van der Waals surface area contributed by atoms with Crippen molar-refractivity contribution >= 4 is 5.69 Å². The fourth-order valence-electron chi connectivity index (χ4n) is 2.18. The number of aromatic nitrogens is 2. The molecule has 2 aromatic heterocycles. The molecular formula is C16H22N4. The maximum absolute atomic E-state index is 4.41. The molecule has 0 radical (unpaired) electrons. The predicted molar refractivity (Wildman–Crippen MR) is 82.6 cm³/mol. The molecule has 0 unspecified atom stereocenters. The normalized spacial score (nSPS) is 10.5. The van der Waals surface area contributed by atoms with Gasteiger partial charge in [0, 0.05) is 42.9 Å². The third kappa shape index (κ3) is 3.78. The molecule has 4 heteroatoms. The van der Waals surface area contributed by atoms with Crippen molar-refractivity contribution in [3.05, 3.63) is 54.1 Å². The third-order valence-electron chi connectivity index (χ3n) is 3.24. The first-order valence-corrected chi connectivity index (χ1v) is 7.13. The molecule has 0 saturated carbocycles. The summed E-state index contributed by atoms with van der Waals surface area (Å²) in [5.41, 5.74) is 3.54. The number of nitrogens with one attached hydrogen (secondary N) is 1. The van der Waals surface area contributed by atoms with Gasteiger partial charge in [-0.05, 0) is 31.7 Å². The first-order valence-electron chi connectivity index (χ1n) is 7.13. The van der Waals surface area contributed by atoms with Crippen molar-refractivity contribution in [1.82, 2.24) is 15.3 Å². The summed E-state index contributed by atoms with van der Waals surface area (Å²) in [5, 5.41) is 3.37. The van der Waals surface area contributed by atoms with Crippen LogP contribution in [-0.4, -0.2) is 23.1 Å². The van der Waals surface area contributed by atoms with E-state index in [0.29, 0.717) is 0 Å². The Balaban J connectivity index is 2.18. The number of rotatable bonds is 7. The van der Waals surface area contributed by atoms with Crippen molar-refractivity contribution in [2.45, 2.75) is 26.9 Å². The SMILES string of the molecule is CCNCc1cnccc1N(CC)Cc1ccccn1. The second kappa shape index (κ2) is 7.60. The zero-order chi connectivity index (χ0) is 14.2. The van der Waals surface area contributed by atoms with Gasteiger partial charge in [0.25, 0.3) is 0 Å². The molecule has 0 aromatic carbocycles. The van der Waals surface area contributed by atoms with Crippen LogP contribution in [-0.2, 0) is 13.1 Å². The van der Waals surface area contributed by atoms with Gasteiger partial charge in [0.15, 0.2) is 0 Å². The Hall–Kier alpha value is -1.94. The molecular weight excluding hydrogens is 248 g/mol. The molecule has 0 fully saturated rings. The highest BCUT2D eigenvalue weighted by atomic mass is 15.1. The van der Waals surface area contributed by atoms with Crippen LogP contribution in [0.15, 0.2) is 42.9 Å². The van der Waals surface area contributed by atoms with E-state index >= 15 is 0 Å². The van der Waals surface area contributed by atoms with Crippen LogP contribution >= 0.6 is 0 Å². The summed E-state index contributed by atoms with van der Waals surface area (Å²) in [6.07, 6.45) is 5.64. The molecule has 0 aliphatic carbocycles. The Labute approximate surface area is 120 Å². The van der Waals surface area contributed by atoms with Crippen molar-refractivity contribution in [2.24, 2.45) is 0 Å². The van der Waals surface area contributed by atoms with Crippen LogP contribution in [0, 0.1) is 0 Å². The summed E-state index contributed by atoms with van der Waals surface area (Å²) in [6.45, 7) is 7.85. The first kappa shape index (κ1) is 14.5. The number of pyridine rings is 2. The third-order valence-corrected chi connectivity index (χ3v) is 3.24. The van der Waals surface area contributed by atoms with Crippen molar-refractivity contribution in [3.8, 4) is 0 Å². The fraction of sp³-hybridized carbons (Fsp3) is 0.375. The van der Waals surface area contributed by atoms with Gasteiger partial charge in [-0.3, -0.25) is 9.97 Å². The lowest BCUT2D eigenvalue weighted by Crippen LogP contribution is -2.25. The number of nitrogens with zero attached hydrogens (tertiary/aromatic N) is 3. The van der Waals surface area contributed by atoms with Crippen molar-refractivity contribution in [2.75, 3.05) is 18.0 Å². The maximum atomic E-state index is 4.41. The zero-order valence-electron chi connectivity index (χ0n) is 12.2. The van der Waals surface area contributed by atoms with Gasteiger partial charge < -0.3 is 10.2 Å². The lowest BCUT2D eigenvalue weighted by molar-refractivity contribution is 0.714. The molecule has 106 valence electrons. The highest BCUT2D eigenvalue weighted by molar-refractivity contribution is 5.52. The Morgan fingerprint density at radius 1 is 1.15 bits per heavy atom. The van der Waals surface area contributed by atoms with E-state index in [4.69, 9.17) is 0 Å². The molecule has 0 aliphatic heterocycles. The molecule has 0 atom stereocenters. The van der Waals surface area contributed by atoms with Crippen LogP contribution in [0.3, 0.4) is 0 Å². The molecule has 2 heterocycles. The minimum atomic E-state index is 0.820. The van der Waals surface area contributed by atoms with Crippen LogP contribution in [0.2, 0.25) is 0 Å². The summed E-state index contributed by atoms with van der Waals surface area (Å²) in [6, 6.07) is 8.12. The number of anilines is 1. The van der Waals surface area contributed by atoms with E-state index in [1.54, 1.807) is 0 Å². The van der Waals surface area contributed by atoms with Crippen molar-refractivity contribution in [1.29, 1.82) is 0 Å². The van der Waals surface area contributed by atoms with Gasteiger partial charge in [-0.2, -0.15) is 0 Å². The molecule has 20 heavy (non-hydrogen) atoms. The molecule has 0 spiro atoms. The van der Waals surface area contributed by atoms with E-state index in [1.807, 2.05) is 30.7 Å². The largest absolute Gasteiger partial charge is 0.366 e. The Kier molecular flexibility index (Phi) is 5.50. The van der Waals surface area contributed by atoms with Gasteiger partial charge >= 0.3 is 0 Å². The van der Waals surface area contributed by atoms with E-state index in [1.165, 1.54) is 11.3 Å². The summed E-state index contributed by atoms with van der Waals surface area (Å²) in [4.78, 5) is 11.0. The second-order valence-corrected chi connectivity index (χ2v) is 4.62. The van der Waals surface area contributed by atoms with Crippen molar-refractivity contribution in [3.63, 3.8) is 0 Å². The Bertz CT molecular complexity index is 513. The maximum Gasteiger partial charge on any atom is 0.0602 e. The average Bonchev–Trinajstić information content (AvgIpc) is 2.52. The summed E-state index contributed by atoms with van der Waals surface area (Å²) in [5.74, 6) is 0. The lowest BCUT2D eigenvalue weighted by Gasteiger charge is -2.25. The van der Waals surface area contributed by atoms with Gasteiger partial charge in [-0.1, -0.05) is 13.0 Å². The Morgan fingerprint density at radius 3 is 2.75 bits per heavy atom. The molecule has 0 bridgehead atoms. The number of hydrogen-bond acceptors (Lipinski definition) is 4. The van der Waals surface area contributed by atoms with Crippen LogP contribution in [0.4, 0.5) is 5.69 Å².